The number of nitrogens with one attached hydrogen (secondary N) is 2. The Kier molecular flexibility index (Phi) is 10.9. The third kappa shape index (κ3) is 8.68. The molecule has 266 valence electrons. The van der Waals surface area contributed by atoms with Crippen molar-refractivity contribution < 1.29 is 38.4 Å². The van der Waals surface area contributed by atoms with Crippen LogP contribution in [-0.4, -0.2) is 54.0 Å². The second-order valence-electron chi connectivity index (χ2n) is 13.4. The fourth-order valence-electron chi connectivity index (χ4n) is 5.92. The van der Waals surface area contributed by atoms with Gasteiger partial charge < -0.3 is 28.8 Å². The van der Waals surface area contributed by atoms with E-state index in [1.54, 1.807) is 32.9 Å². The normalized spacial score (nSPS) is 17.7. The topological polar surface area (TPSA) is 137 Å². The molecule has 0 aliphatic carbocycles. The first kappa shape index (κ1) is 35.4. The summed E-state index contributed by atoms with van der Waals surface area (Å²) >= 11 is 0. The van der Waals surface area contributed by atoms with Gasteiger partial charge in [0.2, 0.25) is 12.7 Å². The highest BCUT2D eigenvalue weighted by Crippen LogP contribution is 2.44. The molecule has 0 radical (unpaired) electrons. The van der Waals surface area contributed by atoms with Crippen LogP contribution in [-0.2, 0) is 25.6 Å². The molecule has 2 atom stereocenters. The Morgan fingerprint density at radius 3 is 2.33 bits per heavy atom. The summed E-state index contributed by atoms with van der Waals surface area (Å²) in [6.45, 7) is 6.27. The van der Waals surface area contributed by atoms with Crippen LogP contribution in [0.4, 0.5) is 0 Å². The first-order valence-electron chi connectivity index (χ1n) is 17.0. The monoisotopic (exact) mass is 693 g/mol. The number of nitrogens with zero attached hydrogens (tertiary/aromatic N) is 1. The van der Waals surface area contributed by atoms with Gasteiger partial charge in [0.15, 0.2) is 23.1 Å². The van der Waals surface area contributed by atoms with Gasteiger partial charge in [-0.05, 0) is 85.8 Å². The van der Waals surface area contributed by atoms with Crippen LogP contribution < -0.4 is 25.1 Å². The third-order valence-electron chi connectivity index (χ3n) is 8.41. The minimum atomic E-state index is -1.56. The largest absolute Gasteiger partial charge is 0.494 e. The molecule has 0 saturated carbocycles. The van der Waals surface area contributed by atoms with Crippen molar-refractivity contribution >= 4 is 17.8 Å². The molecule has 11 nitrogen and oxygen atoms in total. The van der Waals surface area contributed by atoms with Gasteiger partial charge in [0.1, 0.15) is 11.4 Å². The Balaban J connectivity index is 1.32. The van der Waals surface area contributed by atoms with Gasteiger partial charge >= 0.3 is 5.97 Å². The number of aliphatic hydroxyl groups is 1. The maximum Gasteiger partial charge on any atom is 0.306 e. The van der Waals surface area contributed by atoms with Gasteiger partial charge in [0, 0.05) is 31.6 Å². The number of hydrazine groups is 1. The highest BCUT2D eigenvalue weighted by atomic mass is 16.7. The van der Waals surface area contributed by atoms with E-state index in [9.17, 15) is 9.59 Å². The molecule has 11 heteroatoms. The number of carbonyl (C=O) groups is 2. The van der Waals surface area contributed by atoms with Crippen molar-refractivity contribution in [1.29, 1.82) is 0 Å². The molecule has 51 heavy (non-hydrogen) atoms. The fraction of sp³-hybridized carbons (Fsp3) is 0.325. The van der Waals surface area contributed by atoms with E-state index < -0.39 is 29.1 Å². The number of aliphatic imine (C=N–C) groups is 1. The van der Waals surface area contributed by atoms with Crippen LogP contribution in [0, 0.1) is 0 Å². The zero-order chi connectivity index (χ0) is 35.8. The number of rotatable bonds is 14. The average molecular weight is 694 g/mol. The predicted molar refractivity (Wildman–Crippen MR) is 191 cm³/mol. The van der Waals surface area contributed by atoms with Crippen molar-refractivity contribution in [2.45, 2.75) is 63.8 Å². The van der Waals surface area contributed by atoms with E-state index in [4.69, 9.17) is 33.8 Å². The molecule has 0 spiro atoms. The summed E-state index contributed by atoms with van der Waals surface area (Å²) < 4.78 is 28.9. The Labute approximate surface area is 297 Å². The number of amides is 1. The number of carbonyl (C=O) groups excluding carboxylic acids is 2. The van der Waals surface area contributed by atoms with Crippen LogP contribution in [0.3, 0.4) is 0 Å². The van der Waals surface area contributed by atoms with Crippen molar-refractivity contribution in [3.63, 3.8) is 0 Å². The number of benzene rings is 4. The van der Waals surface area contributed by atoms with Crippen LogP contribution in [0.25, 0.3) is 11.1 Å². The lowest BCUT2D eigenvalue weighted by Crippen LogP contribution is -2.52. The van der Waals surface area contributed by atoms with Gasteiger partial charge in [-0.15, -0.1) is 0 Å². The van der Waals surface area contributed by atoms with Crippen molar-refractivity contribution in [2.75, 3.05) is 20.0 Å². The van der Waals surface area contributed by atoms with Crippen molar-refractivity contribution in [2.24, 2.45) is 4.99 Å². The fourth-order valence-corrected chi connectivity index (χ4v) is 5.92. The molecule has 2 heterocycles. The van der Waals surface area contributed by atoms with Crippen LogP contribution in [0.5, 0.6) is 17.2 Å². The number of aliphatic hydroxyl groups excluding tert-OH is 1. The van der Waals surface area contributed by atoms with Crippen molar-refractivity contribution in [3.05, 3.63) is 114 Å². The minimum absolute atomic E-state index is 0.0103. The van der Waals surface area contributed by atoms with Gasteiger partial charge in [0.05, 0.1) is 6.61 Å². The standard InChI is InChI=1S/C40H43N3O8/c1-39(2,3)51-35(45)20-21-40(38(46)43-41-25-27-10-19-33-34(24-27)49-26-48-33)36(30-13-11-29(12-14-30)28-8-5-4-6-9-28)50-37(42-40)31-15-17-32(18-16-31)47-23-7-22-44/h4-6,8-19,24,36,41,44H,7,20-23,25-26H2,1-3H3,(H,43,46)/t36-,40-/m0/s1. The van der Waals surface area contributed by atoms with Crippen LogP contribution in [0.2, 0.25) is 0 Å². The summed E-state index contributed by atoms with van der Waals surface area (Å²) in [5, 5.41) is 9.11. The molecule has 0 fully saturated rings. The summed E-state index contributed by atoms with van der Waals surface area (Å²) in [6, 6.07) is 30.6. The van der Waals surface area contributed by atoms with Gasteiger partial charge in [-0.25, -0.2) is 10.4 Å². The zero-order valence-electron chi connectivity index (χ0n) is 29.0. The maximum atomic E-state index is 14.5. The molecule has 4 aromatic rings. The Bertz CT molecular complexity index is 1840. The SMILES string of the molecule is CC(C)(C)OC(=O)CC[C@]1(C(=O)NNCc2ccc3c(c2)OCO3)N=C(c2ccc(OCCCO)cc2)O[C@H]1c1ccc(-c2ccccc2)cc1. The Morgan fingerprint density at radius 1 is 0.902 bits per heavy atom. The highest BCUT2D eigenvalue weighted by molar-refractivity contribution is 6.01. The van der Waals surface area contributed by atoms with Gasteiger partial charge in [-0.3, -0.25) is 15.0 Å². The first-order valence-corrected chi connectivity index (χ1v) is 17.0. The van der Waals surface area contributed by atoms with E-state index in [1.807, 2.05) is 84.9 Å². The summed E-state index contributed by atoms with van der Waals surface area (Å²) in [6.07, 6.45) is -0.437. The molecular formula is C40H43N3O8. The molecule has 0 unspecified atom stereocenters. The van der Waals surface area contributed by atoms with E-state index in [1.165, 1.54) is 0 Å². The summed E-state index contributed by atoms with van der Waals surface area (Å²) in [5.74, 6) is 1.26. The second kappa shape index (κ2) is 15.7. The lowest BCUT2D eigenvalue weighted by Gasteiger charge is -2.31. The van der Waals surface area contributed by atoms with Crippen LogP contribution in [0.1, 0.15) is 62.8 Å². The molecule has 0 aromatic heterocycles. The quantitative estimate of drug-likeness (QED) is 0.0820. The Hall–Kier alpha value is -5.39. The molecule has 6 rings (SSSR count). The number of ether oxygens (including phenoxy) is 5. The number of hydrogen-bond acceptors (Lipinski definition) is 10. The molecule has 3 N–H and O–H groups in total. The number of fused-ring (bicyclic) bond motifs is 1. The van der Waals surface area contributed by atoms with E-state index in [0.29, 0.717) is 41.4 Å². The number of esters is 1. The lowest BCUT2D eigenvalue weighted by atomic mass is 9.83. The van der Waals surface area contributed by atoms with Gasteiger partial charge in [0.25, 0.3) is 5.91 Å². The first-order chi connectivity index (χ1) is 24.6. The minimum Gasteiger partial charge on any atom is -0.494 e. The average Bonchev–Trinajstić information content (AvgIpc) is 3.76. The van der Waals surface area contributed by atoms with Crippen molar-refractivity contribution in [1.82, 2.24) is 10.9 Å². The smallest absolute Gasteiger partial charge is 0.306 e. The number of hydrogen-bond donors (Lipinski definition) is 3. The van der Waals surface area contributed by atoms with E-state index in [2.05, 4.69) is 10.9 Å². The molecule has 2 aliphatic rings. The summed E-state index contributed by atoms with van der Waals surface area (Å²) in [4.78, 5) is 32.6. The van der Waals surface area contributed by atoms with Gasteiger partial charge in [-0.2, -0.15) is 0 Å². The molecule has 1 amide bonds. The predicted octanol–water partition coefficient (Wildman–Crippen LogP) is 6.04. The Morgan fingerprint density at radius 2 is 1.61 bits per heavy atom. The molecular weight excluding hydrogens is 650 g/mol. The maximum absolute atomic E-state index is 14.5. The van der Waals surface area contributed by atoms with Gasteiger partial charge in [-0.1, -0.05) is 60.7 Å². The van der Waals surface area contributed by atoms with Crippen LogP contribution >= 0.6 is 0 Å². The lowest BCUT2D eigenvalue weighted by molar-refractivity contribution is -0.155. The molecule has 4 aromatic carbocycles. The van der Waals surface area contributed by atoms with Crippen LogP contribution in [0.15, 0.2) is 102 Å². The third-order valence-corrected chi connectivity index (χ3v) is 8.41. The van der Waals surface area contributed by atoms with Crippen molar-refractivity contribution in [3.8, 4) is 28.4 Å². The highest BCUT2D eigenvalue weighted by Gasteiger charge is 2.53. The summed E-state index contributed by atoms with van der Waals surface area (Å²) in [5.41, 5.74) is 7.91. The molecule has 0 saturated heterocycles. The summed E-state index contributed by atoms with van der Waals surface area (Å²) in [7, 11) is 0. The molecule has 0 bridgehead atoms. The second-order valence-corrected chi connectivity index (χ2v) is 13.4. The zero-order valence-corrected chi connectivity index (χ0v) is 29.0. The van der Waals surface area contributed by atoms with E-state index in [0.717, 1.165) is 16.7 Å². The van der Waals surface area contributed by atoms with E-state index in [-0.39, 0.29) is 38.7 Å². The molecule has 2 aliphatic heterocycles. The van der Waals surface area contributed by atoms with E-state index >= 15 is 0 Å².